The maximum absolute atomic E-state index is 13.8. The molecule has 0 bridgehead atoms. The summed E-state index contributed by atoms with van der Waals surface area (Å²) < 4.78 is 10.0. The Morgan fingerprint density at radius 1 is 0.817 bits per heavy atom. The van der Waals surface area contributed by atoms with E-state index < -0.39 is 29.9 Å². The summed E-state index contributed by atoms with van der Waals surface area (Å²) >= 11 is 0. The molecule has 60 heavy (non-hydrogen) atoms. The first-order valence-corrected chi connectivity index (χ1v) is 19.9. The molecule has 0 saturated carbocycles. The number of alkyl carbamates (subject to hydrolysis) is 1. The number of nitrogens with zero attached hydrogens (tertiary/aromatic N) is 7. The molecule has 9 rings (SSSR count). The zero-order chi connectivity index (χ0) is 41.4. The van der Waals surface area contributed by atoms with E-state index in [0.29, 0.717) is 49.0 Å². The first-order valence-electron chi connectivity index (χ1n) is 19.9. The fourth-order valence-electron chi connectivity index (χ4n) is 8.95. The second kappa shape index (κ2) is 15.8. The number of amides is 4. The van der Waals surface area contributed by atoms with Crippen LogP contribution in [0.2, 0.25) is 0 Å². The number of carbonyl (C=O) groups excluding carboxylic acids is 4. The van der Waals surface area contributed by atoms with Crippen LogP contribution in [0.3, 0.4) is 0 Å². The summed E-state index contributed by atoms with van der Waals surface area (Å²) in [5.74, 6) is 0.813. The van der Waals surface area contributed by atoms with Crippen LogP contribution >= 0.6 is 0 Å². The summed E-state index contributed by atoms with van der Waals surface area (Å²) in [4.78, 5) is 88.9. The standard InChI is InChI=1S/C42H44N12O6/c1-59-40(57)51-31(17-29-19-43-23-47-29)37(55)52-15-3-5-34(52)36-45-21-32(49-36)27-10-6-25(7-11-27)26-8-12-28(13-9-26)33-22-46-39(50-33)42-14-4-16-53(42)38(56)35(54(42)41(58)60-2)18-30-20-44-24-48-30/h6-13,19-24,31,34-35H,3-5,14-18H2,1-2H3,(H,43,47)(H,44,48)(H,45,49)(H,46,50)(H,51,57)/t31-,34-,35-,42+/m0/s1. The van der Waals surface area contributed by atoms with Crippen LogP contribution < -0.4 is 5.32 Å². The fraction of sp³-hybridized carbons (Fsp3) is 0.333. The molecule has 308 valence electrons. The lowest BCUT2D eigenvalue weighted by atomic mass is 10.0. The van der Waals surface area contributed by atoms with Crippen LogP contribution in [-0.4, -0.2) is 118 Å². The monoisotopic (exact) mass is 812 g/mol. The van der Waals surface area contributed by atoms with Gasteiger partial charge in [0.25, 0.3) is 0 Å². The van der Waals surface area contributed by atoms with Crippen LogP contribution in [0.5, 0.6) is 0 Å². The first-order chi connectivity index (χ1) is 29.3. The van der Waals surface area contributed by atoms with Crippen molar-refractivity contribution >= 4 is 24.0 Å². The van der Waals surface area contributed by atoms with Gasteiger partial charge < -0.3 is 44.5 Å². The van der Waals surface area contributed by atoms with E-state index in [9.17, 15) is 19.2 Å². The van der Waals surface area contributed by atoms with Crippen molar-refractivity contribution in [3.8, 4) is 33.6 Å². The molecule has 7 heterocycles. The van der Waals surface area contributed by atoms with Gasteiger partial charge in [0, 0.05) is 38.3 Å². The number of hydrogen-bond donors (Lipinski definition) is 5. The van der Waals surface area contributed by atoms with E-state index in [-0.39, 0.29) is 30.7 Å². The van der Waals surface area contributed by atoms with Gasteiger partial charge in [-0.15, -0.1) is 0 Å². The van der Waals surface area contributed by atoms with Crippen LogP contribution in [0.15, 0.2) is 86.0 Å². The molecule has 3 aliphatic heterocycles. The van der Waals surface area contributed by atoms with Crippen molar-refractivity contribution in [3.05, 3.63) is 109 Å². The topological polar surface area (TPSA) is 223 Å². The largest absolute Gasteiger partial charge is 0.453 e. The van der Waals surface area contributed by atoms with Crippen molar-refractivity contribution < 1.29 is 28.7 Å². The molecule has 4 amide bonds. The van der Waals surface area contributed by atoms with E-state index in [0.717, 1.165) is 46.5 Å². The molecule has 4 aromatic heterocycles. The van der Waals surface area contributed by atoms with Crippen LogP contribution in [0.25, 0.3) is 33.6 Å². The second-order valence-electron chi connectivity index (χ2n) is 15.2. The third-order valence-corrected chi connectivity index (χ3v) is 11.8. The molecule has 0 spiro atoms. The lowest BCUT2D eigenvalue weighted by molar-refractivity contribution is -0.134. The van der Waals surface area contributed by atoms with Crippen LogP contribution in [0.1, 0.15) is 54.8 Å². The molecule has 0 unspecified atom stereocenters. The normalized spacial score (nSPS) is 20.4. The van der Waals surface area contributed by atoms with Gasteiger partial charge in [-0.3, -0.25) is 14.5 Å². The Labute approximate surface area is 344 Å². The number of benzene rings is 2. The molecule has 3 saturated heterocycles. The van der Waals surface area contributed by atoms with Gasteiger partial charge in [-0.05, 0) is 47.9 Å². The highest BCUT2D eigenvalue weighted by Gasteiger charge is 2.63. The molecule has 5 N–H and O–H groups in total. The summed E-state index contributed by atoms with van der Waals surface area (Å²) in [7, 11) is 2.59. The molecule has 0 aliphatic carbocycles. The number of nitrogens with one attached hydrogen (secondary N) is 5. The minimum atomic E-state index is -1.10. The Kier molecular flexibility index (Phi) is 10.1. The van der Waals surface area contributed by atoms with Crippen molar-refractivity contribution in [1.29, 1.82) is 0 Å². The molecule has 0 radical (unpaired) electrons. The highest BCUT2D eigenvalue weighted by Crippen LogP contribution is 2.48. The van der Waals surface area contributed by atoms with E-state index >= 15 is 0 Å². The number of H-pyrrole nitrogens is 4. The van der Waals surface area contributed by atoms with Crippen LogP contribution in [0.4, 0.5) is 9.59 Å². The maximum atomic E-state index is 13.8. The summed E-state index contributed by atoms with van der Waals surface area (Å²) in [5.41, 5.74) is 5.68. The average Bonchev–Trinajstić information content (AvgIpc) is 4.13. The van der Waals surface area contributed by atoms with E-state index in [1.54, 1.807) is 40.9 Å². The maximum Gasteiger partial charge on any atom is 0.412 e. The minimum absolute atomic E-state index is 0.156. The van der Waals surface area contributed by atoms with Gasteiger partial charge in [0.2, 0.25) is 11.8 Å². The Bertz CT molecular complexity index is 2480. The number of rotatable bonds is 11. The number of likely N-dealkylation sites (tertiary alicyclic amines) is 1. The molecular weight excluding hydrogens is 769 g/mol. The highest BCUT2D eigenvalue weighted by molar-refractivity contribution is 5.91. The molecule has 6 aromatic rings. The van der Waals surface area contributed by atoms with Crippen molar-refractivity contribution in [2.45, 2.75) is 62.3 Å². The van der Waals surface area contributed by atoms with Crippen molar-refractivity contribution in [2.75, 3.05) is 27.3 Å². The van der Waals surface area contributed by atoms with E-state index in [1.807, 2.05) is 36.4 Å². The van der Waals surface area contributed by atoms with Gasteiger partial charge in [0.15, 0.2) is 11.5 Å². The second-order valence-corrected chi connectivity index (χ2v) is 15.2. The average molecular weight is 813 g/mol. The van der Waals surface area contributed by atoms with Crippen molar-refractivity contribution in [2.24, 2.45) is 0 Å². The third kappa shape index (κ3) is 6.82. The molecule has 4 atom stereocenters. The SMILES string of the molecule is COC(=O)N[C@@H](Cc1c[nH]cn1)C(=O)N1CCC[C@H]1c1ncc(-c2ccc(-c3ccc(-c4cnc([C@]56CCCN5C(=O)[C@H](Cc5c[nH]cn5)N6C(=O)OC)[nH]4)cc3)cc2)[nH]1. The van der Waals surface area contributed by atoms with Gasteiger partial charge in [0.1, 0.15) is 17.9 Å². The third-order valence-electron chi connectivity index (χ3n) is 11.8. The zero-order valence-electron chi connectivity index (χ0n) is 33.1. The fourth-order valence-corrected chi connectivity index (χ4v) is 8.95. The number of imidazole rings is 4. The minimum Gasteiger partial charge on any atom is -0.453 e. The smallest absolute Gasteiger partial charge is 0.412 e. The number of carbonyl (C=O) groups is 4. The van der Waals surface area contributed by atoms with Crippen molar-refractivity contribution in [3.63, 3.8) is 0 Å². The Hall–Kier alpha value is -7.24. The molecule has 3 fully saturated rings. The number of fused-ring (bicyclic) bond motifs is 1. The van der Waals surface area contributed by atoms with Crippen molar-refractivity contribution in [1.82, 2.24) is 59.9 Å². The molecule has 2 aromatic carbocycles. The zero-order valence-corrected chi connectivity index (χ0v) is 33.1. The lowest BCUT2D eigenvalue weighted by Crippen LogP contribution is -2.52. The summed E-state index contributed by atoms with van der Waals surface area (Å²) in [6.45, 7) is 1.04. The van der Waals surface area contributed by atoms with Crippen LogP contribution in [-0.2, 0) is 37.6 Å². The van der Waals surface area contributed by atoms with Gasteiger partial charge >= 0.3 is 12.2 Å². The van der Waals surface area contributed by atoms with E-state index in [2.05, 4.69) is 52.3 Å². The number of methoxy groups -OCH3 is 2. The number of ether oxygens (including phenoxy) is 2. The summed E-state index contributed by atoms with van der Waals surface area (Å²) in [6, 6.07) is 14.4. The van der Waals surface area contributed by atoms with E-state index in [1.165, 1.54) is 25.4 Å². The molecule has 18 heteroatoms. The van der Waals surface area contributed by atoms with Gasteiger partial charge in [0.05, 0.1) is 68.1 Å². The van der Waals surface area contributed by atoms with Gasteiger partial charge in [-0.1, -0.05) is 48.5 Å². The van der Waals surface area contributed by atoms with E-state index in [4.69, 9.17) is 14.5 Å². The Morgan fingerprint density at radius 2 is 1.47 bits per heavy atom. The quantitative estimate of drug-likeness (QED) is 0.122. The Balaban J connectivity index is 0.892. The number of hydrogen-bond acceptors (Lipinski definition) is 10. The predicted molar refractivity (Wildman–Crippen MR) is 215 cm³/mol. The highest BCUT2D eigenvalue weighted by atomic mass is 16.5. The van der Waals surface area contributed by atoms with Gasteiger partial charge in [-0.2, -0.15) is 0 Å². The first kappa shape index (κ1) is 38.3. The van der Waals surface area contributed by atoms with Crippen LogP contribution in [0, 0.1) is 0 Å². The Morgan fingerprint density at radius 3 is 2.12 bits per heavy atom. The molecular formula is C42H44N12O6. The van der Waals surface area contributed by atoms with Gasteiger partial charge in [-0.25, -0.2) is 29.5 Å². The number of aromatic nitrogens is 8. The number of aromatic amines is 4. The molecule has 18 nitrogen and oxygen atoms in total. The summed E-state index contributed by atoms with van der Waals surface area (Å²) in [6.07, 6.45) is 12.0. The molecule has 3 aliphatic rings. The predicted octanol–water partition coefficient (Wildman–Crippen LogP) is 4.68. The lowest BCUT2D eigenvalue weighted by Gasteiger charge is -2.37. The summed E-state index contributed by atoms with van der Waals surface area (Å²) in [5, 5.41) is 2.68.